The first-order valence-electron chi connectivity index (χ1n) is 10.9. The summed E-state index contributed by atoms with van der Waals surface area (Å²) < 4.78 is 0. The zero-order valence-electron chi connectivity index (χ0n) is 16.9. The van der Waals surface area contributed by atoms with Crippen molar-refractivity contribution >= 4 is 28.9 Å². The van der Waals surface area contributed by atoms with Crippen molar-refractivity contribution in [3.63, 3.8) is 0 Å². The number of benzene rings is 1. The van der Waals surface area contributed by atoms with Crippen molar-refractivity contribution in [2.45, 2.75) is 51.4 Å². The maximum Gasteiger partial charge on any atom is 0.253 e. The van der Waals surface area contributed by atoms with E-state index in [1.807, 2.05) is 29.2 Å². The van der Waals surface area contributed by atoms with Gasteiger partial charge in [0.05, 0.1) is 0 Å². The van der Waals surface area contributed by atoms with E-state index in [2.05, 4.69) is 15.5 Å². The van der Waals surface area contributed by atoms with E-state index in [-0.39, 0.29) is 5.91 Å². The summed E-state index contributed by atoms with van der Waals surface area (Å²) in [7, 11) is 0. The lowest BCUT2D eigenvalue weighted by Crippen LogP contribution is -2.35. The van der Waals surface area contributed by atoms with Crippen LogP contribution in [0.2, 0.25) is 0 Å². The number of carbonyl (C=O) groups is 1. The maximum atomic E-state index is 12.5. The van der Waals surface area contributed by atoms with Crippen molar-refractivity contribution < 1.29 is 4.79 Å². The fourth-order valence-corrected chi connectivity index (χ4v) is 4.24. The van der Waals surface area contributed by atoms with Gasteiger partial charge in [0.2, 0.25) is 0 Å². The molecule has 0 atom stereocenters. The van der Waals surface area contributed by atoms with Crippen LogP contribution in [0.1, 0.15) is 61.7 Å². The number of likely N-dealkylation sites (tertiary alicyclic amines) is 2. The fourth-order valence-electron chi connectivity index (χ4n) is 4.02. The van der Waals surface area contributed by atoms with E-state index in [1.54, 1.807) is 0 Å². The minimum absolute atomic E-state index is 0.139. The molecule has 0 saturated carbocycles. The molecular formula is C22H34N4OS. The minimum Gasteiger partial charge on any atom is -0.362 e. The first kappa shape index (κ1) is 21.1. The van der Waals surface area contributed by atoms with Crippen molar-refractivity contribution in [3.05, 3.63) is 29.8 Å². The smallest absolute Gasteiger partial charge is 0.253 e. The second-order valence-electron chi connectivity index (χ2n) is 7.92. The van der Waals surface area contributed by atoms with Crippen LogP contribution in [0.25, 0.3) is 0 Å². The lowest BCUT2D eigenvalue weighted by molar-refractivity contribution is 0.0724. The molecule has 3 rings (SSSR count). The fraction of sp³-hybridized carbons (Fsp3) is 0.636. The molecule has 2 saturated heterocycles. The van der Waals surface area contributed by atoms with Crippen LogP contribution >= 0.6 is 12.2 Å². The summed E-state index contributed by atoms with van der Waals surface area (Å²) in [5, 5.41) is 7.16. The van der Waals surface area contributed by atoms with E-state index < -0.39 is 0 Å². The first-order chi connectivity index (χ1) is 13.7. The SMILES string of the molecule is O=C(c1ccc(NC(=S)NCCCN2CCCCCC2)cc1)N1CCCCC1. The van der Waals surface area contributed by atoms with Crippen molar-refractivity contribution in [1.29, 1.82) is 0 Å². The highest BCUT2D eigenvalue weighted by atomic mass is 32.1. The highest BCUT2D eigenvalue weighted by Gasteiger charge is 2.17. The number of hydrogen-bond donors (Lipinski definition) is 2. The molecule has 6 heteroatoms. The van der Waals surface area contributed by atoms with Gasteiger partial charge in [-0.3, -0.25) is 4.79 Å². The Kier molecular flexibility index (Phi) is 8.55. The van der Waals surface area contributed by atoms with Crippen LogP contribution in [0.5, 0.6) is 0 Å². The average molecular weight is 403 g/mol. The predicted octanol–water partition coefficient (Wildman–Crippen LogP) is 3.87. The molecule has 2 aliphatic rings. The molecule has 28 heavy (non-hydrogen) atoms. The van der Waals surface area contributed by atoms with Crippen LogP contribution in [0, 0.1) is 0 Å². The molecule has 0 unspecified atom stereocenters. The number of nitrogens with zero attached hydrogens (tertiary/aromatic N) is 2. The number of amides is 1. The number of carbonyl (C=O) groups excluding carboxylic acids is 1. The molecule has 0 spiro atoms. The van der Waals surface area contributed by atoms with E-state index in [1.165, 1.54) is 45.2 Å². The highest BCUT2D eigenvalue weighted by molar-refractivity contribution is 7.80. The number of piperidine rings is 1. The summed E-state index contributed by atoms with van der Waals surface area (Å²) in [4.78, 5) is 17.1. The van der Waals surface area contributed by atoms with E-state index in [9.17, 15) is 4.79 Å². The van der Waals surface area contributed by atoms with Gasteiger partial charge in [0.25, 0.3) is 5.91 Å². The summed E-state index contributed by atoms with van der Waals surface area (Å²) in [6, 6.07) is 7.65. The summed E-state index contributed by atoms with van der Waals surface area (Å²) in [5.41, 5.74) is 1.67. The van der Waals surface area contributed by atoms with Gasteiger partial charge in [-0.25, -0.2) is 0 Å². The molecule has 2 heterocycles. The van der Waals surface area contributed by atoms with Gasteiger partial charge in [0.1, 0.15) is 0 Å². The number of hydrogen-bond acceptors (Lipinski definition) is 3. The van der Waals surface area contributed by atoms with Crippen molar-refractivity contribution in [3.8, 4) is 0 Å². The number of thiocarbonyl (C=S) groups is 1. The molecule has 0 bridgehead atoms. The van der Waals surface area contributed by atoms with Gasteiger partial charge in [-0.15, -0.1) is 0 Å². The van der Waals surface area contributed by atoms with Crippen LogP contribution in [-0.4, -0.2) is 60.1 Å². The molecule has 2 N–H and O–H groups in total. The largest absolute Gasteiger partial charge is 0.362 e. The Morgan fingerprint density at radius 1 is 0.893 bits per heavy atom. The third-order valence-electron chi connectivity index (χ3n) is 5.67. The quantitative estimate of drug-likeness (QED) is 0.559. The summed E-state index contributed by atoms with van der Waals surface area (Å²) in [5.74, 6) is 0.139. The third kappa shape index (κ3) is 6.74. The van der Waals surface area contributed by atoms with Gasteiger partial charge < -0.3 is 20.4 Å². The minimum atomic E-state index is 0.139. The summed E-state index contributed by atoms with van der Waals surface area (Å²) >= 11 is 5.40. The molecule has 1 amide bonds. The molecular weight excluding hydrogens is 368 g/mol. The molecule has 2 fully saturated rings. The van der Waals surface area contributed by atoms with Crippen LogP contribution in [0.4, 0.5) is 5.69 Å². The van der Waals surface area contributed by atoms with Crippen LogP contribution in [0.15, 0.2) is 24.3 Å². The Bertz CT molecular complexity index is 620. The molecule has 5 nitrogen and oxygen atoms in total. The highest BCUT2D eigenvalue weighted by Crippen LogP contribution is 2.15. The van der Waals surface area contributed by atoms with Crippen LogP contribution < -0.4 is 10.6 Å². The van der Waals surface area contributed by atoms with E-state index in [4.69, 9.17) is 12.2 Å². The van der Waals surface area contributed by atoms with Gasteiger partial charge >= 0.3 is 0 Å². The number of rotatable bonds is 6. The second-order valence-corrected chi connectivity index (χ2v) is 8.33. The predicted molar refractivity (Wildman–Crippen MR) is 120 cm³/mol. The normalized spacial score (nSPS) is 18.4. The summed E-state index contributed by atoms with van der Waals surface area (Å²) in [6.07, 6.45) is 10.00. The number of nitrogens with one attached hydrogen (secondary N) is 2. The van der Waals surface area contributed by atoms with Crippen molar-refractivity contribution in [2.75, 3.05) is 44.6 Å². The number of anilines is 1. The Morgan fingerprint density at radius 3 is 2.18 bits per heavy atom. The van der Waals surface area contributed by atoms with Gasteiger partial charge in [-0.05, 0) is 94.6 Å². The maximum absolute atomic E-state index is 12.5. The second kappa shape index (κ2) is 11.4. The molecule has 0 aliphatic carbocycles. The van der Waals surface area contributed by atoms with Gasteiger partial charge in [-0.2, -0.15) is 0 Å². The Balaban J connectivity index is 1.36. The van der Waals surface area contributed by atoms with E-state index in [0.29, 0.717) is 5.11 Å². The third-order valence-corrected chi connectivity index (χ3v) is 5.91. The molecule has 1 aromatic carbocycles. The van der Waals surface area contributed by atoms with E-state index in [0.717, 1.165) is 56.7 Å². The lowest BCUT2D eigenvalue weighted by Gasteiger charge is -2.26. The molecule has 2 aliphatic heterocycles. The molecule has 0 aromatic heterocycles. The topological polar surface area (TPSA) is 47.6 Å². The van der Waals surface area contributed by atoms with Gasteiger partial charge in [0, 0.05) is 30.9 Å². The van der Waals surface area contributed by atoms with Crippen LogP contribution in [-0.2, 0) is 0 Å². The Hall–Kier alpha value is -1.66. The molecule has 1 aromatic rings. The molecule has 154 valence electrons. The van der Waals surface area contributed by atoms with Crippen molar-refractivity contribution in [1.82, 2.24) is 15.1 Å². The lowest BCUT2D eigenvalue weighted by atomic mass is 10.1. The Labute approximate surface area is 174 Å². The zero-order chi connectivity index (χ0) is 19.6. The average Bonchev–Trinajstić information content (AvgIpc) is 3.01. The van der Waals surface area contributed by atoms with Gasteiger partial charge in [0.15, 0.2) is 5.11 Å². The first-order valence-corrected chi connectivity index (χ1v) is 11.3. The van der Waals surface area contributed by atoms with Crippen molar-refractivity contribution in [2.24, 2.45) is 0 Å². The standard InChI is InChI=1S/C22H34N4OS/c27-21(26-17-6-3-7-18-26)19-9-11-20(12-10-19)24-22(28)23-13-8-16-25-14-4-1-2-5-15-25/h9-12H,1-8,13-18H2,(H2,23,24,28). The van der Waals surface area contributed by atoms with Gasteiger partial charge in [-0.1, -0.05) is 12.8 Å². The monoisotopic (exact) mass is 402 g/mol. The summed E-state index contributed by atoms with van der Waals surface area (Å²) in [6.45, 7) is 6.27. The Morgan fingerprint density at radius 2 is 1.50 bits per heavy atom. The zero-order valence-corrected chi connectivity index (χ0v) is 17.7. The van der Waals surface area contributed by atoms with Crippen LogP contribution in [0.3, 0.4) is 0 Å². The van der Waals surface area contributed by atoms with E-state index >= 15 is 0 Å². The molecule has 0 radical (unpaired) electrons.